The summed E-state index contributed by atoms with van der Waals surface area (Å²) in [5.74, 6) is 0.868. The molecule has 1 aliphatic rings. The summed E-state index contributed by atoms with van der Waals surface area (Å²) in [6, 6.07) is 6.83. The zero-order chi connectivity index (χ0) is 12.4. The Bertz CT molecular complexity index is 386. The number of rotatable bonds is 5. The fourth-order valence-electron chi connectivity index (χ4n) is 2.23. The molecule has 1 saturated carbocycles. The van der Waals surface area contributed by atoms with E-state index < -0.39 is 0 Å². The molecule has 0 aliphatic heterocycles. The zero-order valence-corrected chi connectivity index (χ0v) is 11.6. The summed E-state index contributed by atoms with van der Waals surface area (Å²) >= 11 is 6.26. The third-order valence-electron chi connectivity index (χ3n) is 3.41. The lowest BCUT2D eigenvalue weighted by molar-refractivity contribution is 0.616. The van der Waals surface area contributed by atoms with Crippen LogP contribution in [-0.2, 0) is 0 Å². The van der Waals surface area contributed by atoms with Crippen LogP contribution in [0.5, 0.6) is 0 Å². The van der Waals surface area contributed by atoms with Gasteiger partial charge in [0.1, 0.15) is 0 Å². The molecule has 17 heavy (non-hydrogen) atoms. The fraction of sp³-hybridized carbons (Fsp3) is 0.571. The minimum atomic E-state index is 0.608. The van der Waals surface area contributed by atoms with Crippen LogP contribution in [0.25, 0.3) is 0 Å². The molecule has 1 N–H and O–H groups in total. The summed E-state index contributed by atoms with van der Waals surface area (Å²) in [5, 5.41) is 4.41. The average Bonchev–Trinajstić information content (AvgIpc) is 3.09. The molecule has 2 nitrogen and oxygen atoms in total. The highest BCUT2D eigenvalue weighted by atomic mass is 35.5. The van der Waals surface area contributed by atoms with E-state index in [0.29, 0.717) is 6.04 Å². The third kappa shape index (κ3) is 3.06. The predicted octanol–water partition coefficient (Wildman–Crippen LogP) is 4.01. The molecule has 2 rings (SSSR count). The molecule has 0 aromatic heterocycles. The lowest BCUT2D eigenvalue weighted by Crippen LogP contribution is -2.20. The summed E-state index contributed by atoms with van der Waals surface area (Å²) in [5.41, 5.74) is 2.20. The van der Waals surface area contributed by atoms with E-state index >= 15 is 0 Å². The van der Waals surface area contributed by atoms with Crippen molar-refractivity contribution in [1.82, 2.24) is 0 Å². The Hall–Kier alpha value is -0.890. The van der Waals surface area contributed by atoms with Crippen molar-refractivity contribution in [3.8, 4) is 0 Å². The Kier molecular flexibility index (Phi) is 3.82. The van der Waals surface area contributed by atoms with Crippen LogP contribution in [0.3, 0.4) is 0 Å². The van der Waals surface area contributed by atoms with Crippen LogP contribution in [0, 0.1) is 5.92 Å². The second kappa shape index (κ2) is 5.18. The summed E-state index contributed by atoms with van der Waals surface area (Å²) in [6.07, 6.45) is 3.92. The molecule has 1 unspecified atom stereocenters. The van der Waals surface area contributed by atoms with E-state index in [0.717, 1.165) is 22.3 Å². The van der Waals surface area contributed by atoms with Gasteiger partial charge in [0.15, 0.2) is 0 Å². The van der Waals surface area contributed by atoms with Crippen LogP contribution in [0.2, 0.25) is 5.02 Å². The number of nitrogens with zero attached hydrogens (tertiary/aromatic N) is 1. The Morgan fingerprint density at radius 1 is 1.41 bits per heavy atom. The van der Waals surface area contributed by atoms with Crippen molar-refractivity contribution in [3.05, 3.63) is 23.2 Å². The number of nitrogens with one attached hydrogen (secondary N) is 1. The molecule has 0 saturated heterocycles. The molecular weight excluding hydrogens is 232 g/mol. The quantitative estimate of drug-likeness (QED) is 0.852. The number of hydrogen-bond acceptors (Lipinski definition) is 2. The highest BCUT2D eigenvalue weighted by Gasteiger charge is 2.29. The molecule has 1 atom stereocenters. The van der Waals surface area contributed by atoms with Gasteiger partial charge in [0.25, 0.3) is 0 Å². The van der Waals surface area contributed by atoms with Crippen LogP contribution >= 0.6 is 11.6 Å². The molecule has 0 bridgehead atoms. The first-order valence-corrected chi connectivity index (χ1v) is 6.73. The minimum Gasteiger partial charge on any atom is -0.382 e. The van der Waals surface area contributed by atoms with Crippen LogP contribution < -0.4 is 10.2 Å². The standard InChI is InChI=1S/C14H21ClN2/c1-4-13(10-5-6-10)16-11-7-8-14(17(2)3)12(15)9-11/h7-10,13,16H,4-6H2,1-3H3. The van der Waals surface area contributed by atoms with Crippen LogP contribution in [0.1, 0.15) is 26.2 Å². The van der Waals surface area contributed by atoms with Crippen molar-refractivity contribution < 1.29 is 0 Å². The van der Waals surface area contributed by atoms with Crippen LogP contribution in [0.4, 0.5) is 11.4 Å². The molecule has 1 fully saturated rings. The van der Waals surface area contributed by atoms with Gasteiger partial charge in [-0.1, -0.05) is 18.5 Å². The summed E-state index contributed by atoms with van der Waals surface area (Å²) in [4.78, 5) is 2.03. The Labute approximate surface area is 109 Å². The van der Waals surface area contributed by atoms with E-state index in [2.05, 4.69) is 24.4 Å². The Morgan fingerprint density at radius 2 is 2.12 bits per heavy atom. The molecule has 1 aliphatic carbocycles. The maximum Gasteiger partial charge on any atom is 0.0659 e. The number of anilines is 2. The topological polar surface area (TPSA) is 15.3 Å². The van der Waals surface area contributed by atoms with E-state index in [1.165, 1.54) is 19.3 Å². The molecule has 94 valence electrons. The van der Waals surface area contributed by atoms with Gasteiger partial charge in [-0.3, -0.25) is 0 Å². The molecule has 1 aromatic carbocycles. The molecule has 3 heteroatoms. The van der Waals surface area contributed by atoms with Crippen molar-refractivity contribution in [2.45, 2.75) is 32.2 Å². The monoisotopic (exact) mass is 252 g/mol. The molecule has 0 heterocycles. The highest BCUT2D eigenvalue weighted by Crippen LogP contribution is 2.36. The van der Waals surface area contributed by atoms with Gasteiger partial charge in [-0.2, -0.15) is 0 Å². The van der Waals surface area contributed by atoms with Gasteiger partial charge >= 0.3 is 0 Å². The van der Waals surface area contributed by atoms with Crippen molar-refractivity contribution in [3.63, 3.8) is 0 Å². The van der Waals surface area contributed by atoms with Gasteiger partial charge in [-0.15, -0.1) is 0 Å². The predicted molar refractivity (Wildman–Crippen MR) is 76.2 cm³/mol. The third-order valence-corrected chi connectivity index (χ3v) is 3.72. The molecule has 1 aromatic rings. The average molecular weight is 253 g/mol. The van der Waals surface area contributed by atoms with Gasteiger partial charge < -0.3 is 10.2 Å². The Morgan fingerprint density at radius 3 is 2.59 bits per heavy atom. The van der Waals surface area contributed by atoms with E-state index in [9.17, 15) is 0 Å². The largest absolute Gasteiger partial charge is 0.382 e. The fourth-order valence-corrected chi connectivity index (χ4v) is 2.57. The van der Waals surface area contributed by atoms with E-state index in [1.54, 1.807) is 0 Å². The molecular formula is C14H21ClN2. The SMILES string of the molecule is CCC(Nc1ccc(N(C)C)c(Cl)c1)C1CC1. The lowest BCUT2D eigenvalue weighted by Gasteiger charge is -2.20. The smallest absolute Gasteiger partial charge is 0.0659 e. The summed E-state index contributed by atoms with van der Waals surface area (Å²) < 4.78 is 0. The van der Waals surface area contributed by atoms with Gasteiger partial charge in [0.05, 0.1) is 10.7 Å². The zero-order valence-electron chi connectivity index (χ0n) is 10.8. The molecule has 0 spiro atoms. The minimum absolute atomic E-state index is 0.608. The lowest BCUT2D eigenvalue weighted by atomic mass is 10.1. The van der Waals surface area contributed by atoms with E-state index in [1.807, 2.05) is 25.1 Å². The maximum absolute atomic E-state index is 6.26. The van der Waals surface area contributed by atoms with Crippen molar-refractivity contribution in [1.29, 1.82) is 0 Å². The molecule has 0 radical (unpaired) electrons. The number of halogens is 1. The first-order chi connectivity index (χ1) is 8.11. The van der Waals surface area contributed by atoms with Crippen LogP contribution in [0.15, 0.2) is 18.2 Å². The normalized spacial score (nSPS) is 16.7. The van der Waals surface area contributed by atoms with E-state index in [4.69, 9.17) is 11.6 Å². The van der Waals surface area contributed by atoms with Gasteiger partial charge in [0, 0.05) is 25.8 Å². The number of benzene rings is 1. The Balaban J connectivity index is 2.08. The second-order valence-electron chi connectivity index (χ2n) is 5.06. The number of hydrogen-bond donors (Lipinski definition) is 1. The molecule has 0 amide bonds. The first-order valence-electron chi connectivity index (χ1n) is 6.35. The van der Waals surface area contributed by atoms with Gasteiger partial charge in [0.2, 0.25) is 0 Å². The maximum atomic E-state index is 6.26. The van der Waals surface area contributed by atoms with Crippen molar-refractivity contribution >= 4 is 23.0 Å². The van der Waals surface area contributed by atoms with Crippen LogP contribution in [-0.4, -0.2) is 20.1 Å². The second-order valence-corrected chi connectivity index (χ2v) is 5.46. The highest BCUT2D eigenvalue weighted by molar-refractivity contribution is 6.33. The van der Waals surface area contributed by atoms with E-state index in [-0.39, 0.29) is 0 Å². The van der Waals surface area contributed by atoms with Crippen molar-refractivity contribution in [2.75, 3.05) is 24.3 Å². The summed E-state index contributed by atoms with van der Waals surface area (Å²) in [7, 11) is 4.01. The van der Waals surface area contributed by atoms with Gasteiger partial charge in [-0.25, -0.2) is 0 Å². The summed E-state index contributed by atoms with van der Waals surface area (Å²) in [6.45, 7) is 2.24. The van der Waals surface area contributed by atoms with Crippen molar-refractivity contribution in [2.24, 2.45) is 5.92 Å². The van der Waals surface area contributed by atoms with Gasteiger partial charge in [-0.05, 0) is 43.4 Å². The first kappa shape index (κ1) is 12.6.